The van der Waals surface area contributed by atoms with Crippen LogP contribution in [0.15, 0.2) is 60.7 Å². The molecule has 2 N–H and O–H groups in total. The number of aliphatic hydroxyl groups is 1. The van der Waals surface area contributed by atoms with Gasteiger partial charge in [0.05, 0.1) is 11.9 Å². The molecule has 0 bridgehead atoms. The van der Waals surface area contributed by atoms with Gasteiger partial charge < -0.3 is 15.2 Å². The van der Waals surface area contributed by atoms with E-state index in [1.807, 2.05) is 81.4 Å². The number of benzene rings is 2. The molecule has 6 nitrogen and oxygen atoms in total. The van der Waals surface area contributed by atoms with Crippen LogP contribution in [-0.4, -0.2) is 51.3 Å². The smallest absolute Gasteiger partial charge is 0.411 e. The van der Waals surface area contributed by atoms with Crippen LogP contribution in [0.4, 0.5) is 4.79 Å². The first-order chi connectivity index (χ1) is 16.0. The van der Waals surface area contributed by atoms with Crippen molar-refractivity contribution in [3.63, 3.8) is 0 Å². The lowest BCUT2D eigenvalue weighted by Gasteiger charge is -2.39. The molecule has 1 saturated heterocycles. The highest BCUT2D eigenvalue weighted by Gasteiger charge is 2.44. The fourth-order valence-electron chi connectivity index (χ4n) is 4.19. The van der Waals surface area contributed by atoms with Gasteiger partial charge >= 0.3 is 6.09 Å². The summed E-state index contributed by atoms with van der Waals surface area (Å²) in [5, 5.41) is 15.4. The molecule has 0 aromatic heterocycles. The summed E-state index contributed by atoms with van der Waals surface area (Å²) in [7, 11) is 0. The number of nitrogens with one attached hydrogen (secondary N) is 1. The van der Waals surface area contributed by atoms with Crippen molar-refractivity contribution in [2.45, 2.75) is 64.3 Å². The Labute approximate surface area is 207 Å². The number of amides is 2. The van der Waals surface area contributed by atoms with E-state index in [1.165, 1.54) is 16.7 Å². The number of carbonyl (C=O) groups excluding carboxylic acids is 2. The number of hydrogen-bond donors (Lipinski definition) is 2. The molecule has 2 atom stereocenters. The van der Waals surface area contributed by atoms with Crippen molar-refractivity contribution in [3.8, 4) is 0 Å². The summed E-state index contributed by atoms with van der Waals surface area (Å²) >= 11 is 1.52. The van der Waals surface area contributed by atoms with Crippen LogP contribution in [0.2, 0.25) is 0 Å². The average molecular weight is 485 g/mol. The van der Waals surface area contributed by atoms with E-state index in [0.717, 1.165) is 0 Å². The van der Waals surface area contributed by atoms with Crippen molar-refractivity contribution in [2.75, 3.05) is 11.6 Å². The van der Waals surface area contributed by atoms with E-state index in [9.17, 15) is 14.7 Å². The van der Waals surface area contributed by atoms with Crippen molar-refractivity contribution in [1.82, 2.24) is 10.2 Å². The van der Waals surface area contributed by atoms with E-state index in [-0.39, 0.29) is 11.8 Å². The molecular formula is C27H36N2O4S. The second-order valence-electron chi connectivity index (χ2n) is 10.2. The number of hydrogen-bond acceptors (Lipinski definition) is 5. The summed E-state index contributed by atoms with van der Waals surface area (Å²) < 4.78 is 5.52. The number of thioether (sulfide) groups is 1. The van der Waals surface area contributed by atoms with Gasteiger partial charge in [0.2, 0.25) is 5.91 Å². The SMILES string of the molecule is CC(C)C[C@H](NC(=O)[C@@H]1CSCN1C(=O)OC(C)(C)C)C(O)(c1ccccc1)c1ccccc1. The summed E-state index contributed by atoms with van der Waals surface area (Å²) in [6, 6.07) is 17.6. The Morgan fingerprint density at radius 3 is 2.06 bits per heavy atom. The van der Waals surface area contributed by atoms with Gasteiger partial charge in [-0.25, -0.2) is 4.79 Å². The van der Waals surface area contributed by atoms with Crippen molar-refractivity contribution < 1.29 is 19.4 Å². The van der Waals surface area contributed by atoms with Gasteiger partial charge in [0.1, 0.15) is 17.2 Å². The quantitative estimate of drug-likeness (QED) is 0.592. The molecule has 1 heterocycles. The molecule has 0 saturated carbocycles. The monoisotopic (exact) mass is 484 g/mol. The summed E-state index contributed by atoms with van der Waals surface area (Å²) in [6.45, 7) is 9.55. The fourth-order valence-corrected chi connectivity index (χ4v) is 5.33. The lowest BCUT2D eigenvalue weighted by Crippen LogP contribution is -2.57. The molecule has 1 aliphatic heterocycles. The third kappa shape index (κ3) is 6.13. The molecular weight excluding hydrogens is 448 g/mol. The largest absolute Gasteiger partial charge is 0.444 e. The first-order valence-electron chi connectivity index (χ1n) is 11.7. The van der Waals surface area contributed by atoms with E-state index < -0.39 is 29.4 Å². The standard InChI is InChI=1S/C27H36N2O4S/c1-19(2)16-23(27(32,20-12-8-6-9-13-20)21-14-10-7-11-15-21)28-24(30)22-17-34-18-29(22)25(31)33-26(3,4)5/h6-15,19,22-23,32H,16-18H2,1-5H3,(H,28,30)/t22-,23-/m0/s1. The maximum absolute atomic E-state index is 13.5. The predicted molar refractivity (Wildman–Crippen MR) is 136 cm³/mol. The van der Waals surface area contributed by atoms with Gasteiger partial charge in [0, 0.05) is 5.75 Å². The van der Waals surface area contributed by atoms with E-state index in [1.54, 1.807) is 0 Å². The molecule has 0 radical (unpaired) electrons. The number of nitrogens with zero attached hydrogens (tertiary/aromatic N) is 1. The third-order valence-corrected chi connectivity index (χ3v) is 6.78. The van der Waals surface area contributed by atoms with Crippen molar-refractivity contribution >= 4 is 23.8 Å². The van der Waals surface area contributed by atoms with E-state index in [4.69, 9.17) is 4.74 Å². The van der Waals surface area contributed by atoms with Gasteiger partial charge in [0.15, 0.2) is 0 Å². The van der Waals surface area contributed by atoms with Crippen LogP contribution in [-0.2, 0) is 15.1 Å². The second-order valence-corrected chi connectivity index (χ2v) is 11.2. The Kier molecular flexibility index (Phi) is 8.31. The lowest BCUT2D eigenvalue weighted by molar-refractivity contribution is -0.128. The van der Waals surface area contributed by atoms with Crippen molar-refractivity contribution in [3.05, 3.63) is 71.8 Å². The predicted octanol–water partition coefficient (Wildman–Crippen LogP) is 4.76. The molecule has 1 aliphatic rings. The van der Waals surface area contributed by atoms with E-state index in [2.05, 4.69) is 19.2 Å². The first-order valence-corrected chi connectivity index (χ1v) is 12.9. The number of ether oxygens (including phenoxy) is 1. The minimum Gasteiger partial charge on any atom is -0.444 e. The van der Waals surface area contributed by atoms with Crippen LogP contribution in [0.5, 0.6) is 0 Å². The molecule has 2 amide bonds. The van der Waals surface area contributed by atoms with Gasteiger partial charge in [-0.2, -0.15) is 0 Å². The van der Waals surface area contributed by atoms with Crippen LogP contribution in [0.3, 0.4) is 0 Å². The van der Waals surface area contributed by atoms with Crippen molar-refractivity contribution in [2.24, 2.45) is 5.92 Å². The highest BCUT2D eigenvalue weighted by Crippen LogP contribution is 2.36. The van der Waals surface area contributed by atoms with Crippen LogP contribution >= 0.6 is 11.8 Å². The molecule has 7 heteroatoms. The zero-order chi connectivity index (χ0) is 24.9. The fraction of sp³-hybridized carbons (Fsp3) is 0.481. The normalized spacial score (nSPS) is 17.5. The molecule has 2 aromatic carbocycles. The van der Waals surface area contributed by atoms with E-state index >= 15 is 0 Å². The Hall–Kier alpha value is -2.51. The van der Waals surface area contributed by atoms with Gasteiger partial charge in [-0.05, 0) is 44.2 Å². The lowest BCUT2D eigenvalue weighted by atomic mass is 9.77. The topological polar surface area (TPSA) is 78.9 Å². The molecule has 1 fully saturated rings. The average Bonchev–Trinajstić information content (AvgIpc) is 3.28. The van der Waals surface area contributed by atoms with Gasteiger partial charge in [0.25, 0.3) is 0 Å². The third-order valence-electron chi connectivity index (χ3n) is 5.77. The molecule has 3 rings (SSSR count). The highest BCUT2D eigenvalue weighted by molar-refractivity contribution is 7.99. The summed E-state index contributed by atoms with van der Waals surface area (Å²) in [5.41, 5.74) is -0.675. The van der Waals surface area contributed by atoms with Gasteiger partial charge in [-0.15, -0.1) is 11.8 Å². The molecule has 0 unspecified atom stereocenters. The molecule has 34 heavy (non-hydrogen) atoms. The number of carbonyl (C=O) groups is 2. The second kappa shape index (κ2) is 10.8. The summed E-state index contributed by atoms with van der Waals surface area (Å²) in [6.07, 6.45) is 0.0534. The van der Waals surface area contributed by atoms with Crippen molar-refractivity contribution in [1.29, 1.82) is 0 Å². The maximum Gasteiger partial charge on any atom is 0.411 e. The van der Waals surface area contributed by atoms with Crippen LogP contribution in [0.1, 0.15) is 52.2 Å². The Bertz CT molecular complexity index is 920. The maximum atomic E-state index is 13.5. The molecule has 2 aromatic rings. The molecule has 184 valence electrons. The van der Waals surface area contributed by atoms with E-state index in [0.29, 0.717) is 29.2 Å². The van der Waals surface area contributed by atoms with Crippen LogP contribution < -0.4 is 5.32 Å². The zero-order valence-electron chi connectivity index (χ0n) is 20.7. The Morgan fingerprint density at radius 1 is 1.06 bits per heavy atom. The molecule has 0 spiro atoms. The minimum atomic E-state index is -1.44. The molecule has 0 aliphatic carbocycles. The van der Waals surface area contributed by atoms with Crippen LogP contribution in [0, 0.1) is 5.92 Å². The Balaban J connectivity index is 1.94. The van der Waals surface area contributed by atoms with Gasteiger partial charge in [-0.1, -0.05) is 74.5 Å². The number of rotatable bonds is 7. The Morgan fingerprint density at radius 2 is 1.59 bits per heavy atom. The zero-order valence-corrected chi connectivity index (χ0v) is 21.5. The summed E-state index contributed by atoms with van der Waals surface area (Å²) in [4.78, 5) is 27.8. The summed E-state index contributed by atoms with van der Waals surface area (Å²) in [5.74, 6) is 0.800. The van der Waals surface area contributed by atoms with Crippen LogP contribution in [0.25, 0.3) is 0 Å². The van der Waals surface area contributed by atoms with Gasteiger partial charge in [-0.3, -0.25) is 9.69 Å². The minimum absolute atomic E-state index is 0.212. The first kappa shape index (κ1) is 26.1. The highest BCUT2D eigenvalue weighted by atomic mass is 32.2.